The van der Waals surface area contributed by atoms with E-state index in [1.165, 1.54) is 0 Å². The smallest absolute Gasteiger partial charge is 0.100 e. The number of para-hydroxylation sites is 4. The first-order chi connectivity index (χ1) is 24.8. The van der Waals surface area contributed by atoms with E-state index in [9.17, 15) is 0 Å². The average Bonchev–Trinajstić information content (AvgIpc) is 3.95. The molecule has 12 aromatic rings. The molecule has 0 saturated carbocycles. The van der Waals surface area contributed by atoms with Crippen molar-refractivity contribution in [1.82, 2.24) is 39.9 Å². The third-order valence-corrected chi connectivity index (χ3v) is 10.3. The maximum absolute atomic E-state index is 5.40. The average molecular weight is 641 g/mol. The van der Waals surface area contributed by atoms with Crippen molar-refractivity contribution >= 4 is 98.5 Å². The first-order valence-corrected chi connectivity index (χ1v) is 16.7. The standard InChI is InChI=1S/C42H24N8/c1-5-13-27-21(9-1)25(19-43-27)37-38(26-20-44-28-14-6-2-10-22(26)28)48-32-18-34-33(17-31(32)47-37)49-41-35-23-11-3-7-15-29(23)45-39(35)40-36(42(41)50-34)24-12-4-8-16-30(24)46-40/h1-20,43-46H. The highest BCUT2D eigenvalue weighted by Gasteiger charge is 2.22. The van der Waals surface area contributed by atoms with Crippen molar-refractivity contribution in [2.24, 2.45) is 0 Å². The molecule has 8 nitrogen and oxygen atoms in total. The summed E-state index contributed by atoms with van der Waals surface area (Å²) in [6, 6.07) is 37.5. The van der Waals surface area contributed by atoms with Crippen LogP contribution < -0.4 is 0 Å². The number of aromatic amines is 4. The molecular formula is C42H24N8. The molecule has 0 aliphatic heterocycles. The zero-order valence-corrected chi connectivity index (χ0v) is 26.3. The molecule has 6 aromatic carbocycles. The van der Waals surface area contributed by atoms with Crippen molar-refractivity contribution < 1.29 is 0 Å². The van der Waals surface area contributed by atoms with E-state index >= 15 is 0 Å². The number of nitrogens with one attached hydrogen (secondary N) is 4. The monoisotopic (exact) mass is 640 g/mol. The van der Waals surface area contributed by atoms with Gasteiger partial charge in [-0.1, -0.05) is 72.8 Å². The van der Waals surface area contributed by atoms with Gasteiger partial charge in [-0.05, 0) is 36.4 Å². The van der Waals surface area contributed by atoms with Crippen LogP contribution in [-0.2, 0) is 0 Å². The second-order valence-corrected chi connectivity index (χ2v) is 13.0. The number of H-pyrrole nitrogens is 4. The maximum Gasteiger partial charge on any atom is 0.100 e. The third kappa shape index (κ3) is 3.38. The number of rotatable bonds is 2. The molecule has 6 heterocycles. The van der Waals surface area contributed by atoms with Crippen molar-refractivity contribution in [1.29, 1.82) is 0 Å². The number of benzene rings is 6. The number of hydrogen-bond donors (Lipinski definition) is 4. The molecule has 0 fully saturated rings. The van der Waals surface area contributed by atoms with Crippen LogP contribution in [0.1, 0.15) is 0 Å². The summed E-state index contributed by atoms with van der Waals surface area (Å²) < 4.78 is 0. The van der Waals surface area contributed by atoms with E-state index in [0.29, 0.717) is 0 Å². The molecule has 0 spiro atoms. The summed E-state index contributed by atoms with van der Waals surface area (Å²) in [5.41, 5.74) is 14.7. The van der Waals surface area contributed by atoms with Gasteiger partial charge in [0.2, 0.25) is 0 Å². The lowest BCUT2D eigenvalue weighted by atomic mass is 10.0. The molecule has 50 heavy (non-hydrogen) atoms. The van der Waals surface area contributed by atoms with E-state index in [0.717, 1.165) is 121 Å². The van der Waals surface area contributed by atoms with Crippen molar-refractivity contribution in [2.75, 3.05) is 0 Å². The van der Waals surface area contributed by atoms with Gasteiger partial charge in [0, 0.05) is 77.9 Å². The Hall–Kier alpha value is -7.06. The van der Waals surface area contributed by atoms with Gasteiger partial charge < -0.3 is 19.9 Å². The van der Waals surface area contributed by atoms with E-state index in [2.05, 4.69) is 105 Å². The van der Waals surface area contributed by atoms with E-state index in [1.807, 2.05) is 36.7 Å². The molecule has 0 unspecified atom stereocenters. The second kappa shape index (κ2) is 9.30. The molecule has 4 N–H and O–H groups in total. The lowest BCUT2D eigenvalue weighted by Gasteiger charge is -2.11. The van der Waals surface area contributed by atoms with E-state index in [-0.39, 0.29) is 0 Å². The molecule has 0 atom stereocenters. The van der Waals surface area contributed by atoms with E-state index in [4.69, 9.17) is 19.9 Å². The quantitative estimate of drug-likeness (QED) is 0.141. The van der Waals surface area contributed by atoms with Crippen molar-refractivity contribution in [2.45, 2.75) is 0 Å². The van der Waals surface area contributed by atoms with Gasteiger partial charge in [0.05, 0.1) is 44.5 Å². The van der Waals surface area contributed by atoms with Crippen LogP contribution in [0, 0.1) is 0 Å². The molecule has 0 saturated heterocycles. The van der Waals surface area contributed by atoms with Crippen LogP contribution >= 0.6 is 0 Å². The van der Waals surface area contributed by atoms with Crippen LogP contribution in [-0.4, -0.2) is 39.9 Å². The second-order valence-electron chi connectivity index (χ2n) is 13.0. The number of hydrogen-bond acceptors (Lipinski definition) is 4. The van der Waals surface area contributed by atoms with Crippen LogP contribution in [0.4, 0.5) is 0 Å². The minimum absolute atomic E-state index is 0.762. The summed E-state index contributed by atoms with van der Waals surface area (Å²) in [6.45, 7) is 0. The lowest BCUT2D eigenvalue weighted by Crippen LogP contribution is -1.97. The van der Waals surface area contributed by atoms with E-state index in [1.54, 1.807) is 0 Å². The Morgan fingerprint density at radius 3 is 1.22 bits per heavy atom. The molecule has 0 bridgehead atoms. The van der Waals surface area contributed by atoms with Gasteiger partial charge in [0.25, 0.3) is 0 Å². The van der Waals surface area contributed by atoms with Crippen LogP contribution in [0.25, 0.3) is 121 Å². The number of fused-ring (bicyclic) bond motifs is 14. The summed E-state index contributed by atoms with van der Waals surface area (Å²) in [6.07, 6.45) is 4.07. The summed E-state index contributed by atoms with van der Waals surface area (Å²) in [7, 11) is 0. The zero-order chi connectivity index (χ0) is 32.5. The number of aromatic nitrogens is 8. The maximum atomic E-state index is 5.40. The Morgan fingerprint density at radius 2 is 0.760 bits per heavy atom. The van der Waals surface area contributed by atoms with E-state index < -0.39 is 0 Å². The molecule has 12 rings (SSSR count). The van der Waals surface area contributed by atoms with Gasteiger partial charge in [-0.25, -0.2) is 19.9 Å². The molecule has 232 valence electrons. The van der Waals surface area contributed by atoms with Crippen molar-refractivity contribution in [3.8, 4) is 22.5 Å². The highest BCUT2D eigenvalue weighted by Crippen LogP contribution is 2.42. The Kier molecular flexibility index (Phi) is 4.83. The summed E-state index contributed by atoms with van der Waals surface area (Å²) in [4.78, 5) is 35.8. The molecule has 6 aromatic heterocycles. The molecule has 0 aliphatic carbocycles. The normalized spacial score (nSPS) is 12.4. The van der Waals surface area contributed by atoms with Gasteiger partial charge in [-0.2, -0.15) is 0 Å². The predicted molar refractivity (Wildman–Crippen MR) is 203 cm³/mol. The first kappa shape index (κ1) is 26.0. The molecule has 0 radical (unpaired) electrons. The Balaban J connectivity index is 1.22. The minimum Gasteiger partial charge on any atom is -0.360 e. The Morgan fingerprint density at radius 1 is 0.380 bits per heavy atom. The van der Waals surface area contributed by atoms with Crippen molar-refractivity contribution in [3.63, 3.8) is 0 Å². The molecular weight excluding hydrogens is 617 g/mol. The largest absolute Gasteiger partial charge is 0.360 e. The lowest BCUT2D eigenvalue weighted by molar-refractivity contribution is 1.29. The van der Waals surface area contributed by atoms with Gasteiger partial charge in [0.1, 0.15) is 11.0 Å². The van der Waals surface area contributed by atoms with Crippen LogP contribution in [0.2, 0.25) is 0 Å². The minimum atomic E-state index is 0.762. The fourth-order valence-electron chi connectivity index (χ4n) is 8.02. The fraction of sp³-hybridized carbons (Fsp3) is 0. The summed E-state index contributed by atoms with van der Waals surface area (Å²) in [5, 5.41) is 6.55. The van der Waals surface area contributed by atoms with Gasteiger partial charge in [0.15, 0.2) is 0 Å². The van der Waals surface area contributed by atoms with Gasteiger partial charge in [-0.3, -0.25) is 0 Å². The van der Waals surface area contributed by atoms with Gasteiger partial charge in [-0.15, -0.1) is 0 Å². The first-order valence-electron chi connectivity index (χ1n) is 16.7. The Labute approximate surface area is 281 Å². The highest BCUT2D eigenvalue weighted by molar-refractivity contribution is 6.34. The highest BCUT2D eigenvalue weighted by atomic mass is 14.9. The SMILES string of the molecule is c1ccc2c(-c3nc4cc5nc6c(nc5cc4nc3-c3c[nH]c4ccccc34)c3c4ccccc4[nH]c3c3[nH]c4ccccc4c63)c[nH]c2c1. The van der Waals surface area contributed by atoms with Gasteiger partial charge >= 0.3 is 0 Å². The van der Waals surface area contributed by atoms with Crippen LogP contribution in [0.3, 0.4) is 0 Å². The summed E-state index contributed by atoms with van der Waals surface area (Å²) in [5.74, 6) is 0. The molecule has 0 amide bonds. The summed E-state index contributed by atoms with van der Waals surface area (Å²) >= 11 is 0. The van der Waals surface area contributed by atoms with Crippen molar-refractivity contribution in [3.05, 3.63) is 122 Å². The fourth-order valence-corrected chi connectivity index (χ4v) is 8.02. The van der Waals surface area contributed by atoms with Crippen LogP contribution in [0.5, 0.6) is 0 Å². The third-order valence-electron chi connectivity index (χ3n) is 10.3. The molecule has 8 heteroatoms. The molecule has 0 aliphatic rings. The zero-order valence-electron chi connectivity index (χ0n) is 26.3. The topological polar surface area (TPSA) is 115 Å². The Bertz CT molecular complexity index is 3170. The predicted octanol–water partition coefficient (Wildman–Crippen LogP) is 10.3. The number of nitrogens with zero attached hydrogens (tertiary/aromatic N) is 4. The van der Waals surface area contributed by atoms with Crippen LogP contribution in [0.15, 0.2) is 122 Å².